The predicted molar refractivity (Wildman–Crippen MR) is 147 cm³/mol. The Kier molecular flexibility index (Phi) is 9.53. The first kappa shape index (κ1) is 28.9. The number of rotatable bonds is 12. The topological polar surface area (TPSA) is 165 Å². The van der Waals surface area contributed by atoms with Crippen molar-refractivity contribution in [2.75, 3.05) is 0 Å². The van der Waals surface area contributed by atoms with E-state index in [1.165, 1.54) is 0 Å². The van der Waals surface area contributed by atoms with E-state index in [9.17, 15) is 14.4 Å². The van der Waals surface area contributed by atoms with Gasteiger partial charge < -0.3 is 14.2 Å². The monoisotopic (exact) mass is 564 g/mol. The lowest BCUT2D eigenvalue weighted by Crippen LogP contribution is -2.54. The number of aromatic nitrogens is 3. The van der Waals surface area contributed by atoms with Gasteiger partial charge in [-0.1, -0.05) is 72.8 Å². The van der Waals surface area contributed by atoms with E-state index in [4.69, 9.17) is 30.0 Å². The van der Waals surface area contributed by atoms with Gasteiger partial charge in [0.1, 0.15) is 19.8 Å². The Morgan fingerprint density at radius 3 is 0.857 bits per heavy atom. The lowest BCUT2D eigenvalue weighted by Gasteiger charge is -2.15. The van der Waals surface area contributed by atoms with E-state index in [1.807, 2.05) is 0 Å². The summed E-state index contributed by atoms with van der Waals surface area (Å²) >= 11 is 0. The summed E-state index contributed by atoms with van der Waals surface area (Å²) in [6, 6.07) is 20.6. The average Bonchev–Trinajstić information content (AvgIpc) is 3.02. The molecule has 0 saturated heterocycles. The maximum atomic E-state index is 13.5. The van der Waals surface area contributed by atoms with E-state index >= 15 is 0 Å². The molecule has 0 N–H and O–H groups in total. The van der Waals surface area contributed by atoms with Crippen LogP contribution in [0, 0.1) is 34.6 Å². The Morgan fingerprint density at radius 1 is 0.429 bits per heavy atom. The van der Waals surface area contributed by atoms with Crippen LogP contribution in [-0.4, -0.2) is 13.7 Å². The van der Waals surface area contributed by atoms with Crippen LogP contribution in [-0.2, 0) is 53.7 Å². The minimum atomic E-state index is -0.765. The summed E-state index contributed by atoms with van der Waals surface area (Å²) in [5, 5.41) is 25.8. The molecule has 210 valence electrons. The lowest BCUT2D eigenvalue weighted by molar-refractivity contribution is 0.257. The quantitative estimate of drug-likeness (QED) is 0.235. The van der Waals surface area contributed by atoms with Crippen LogP contribution in [0.15, 0.2) is 87.2 Å². The van der Waals surface area contributed by atoms with Gasteiger partial charge in [-0.25, -0.2) is 28.1 Å². The second-order valence-electron chi connectivity index (χ2n) is 9.20. The fourth-order valence-corrected chi connectivity index (χ4v) is 4.21. The molecule has 0 spiro atoms. The molecule has 0 aliphatic carbocycles. The van der Waals surface area contributed by atoms with Gasteiger partial charge in [0.15, 0.2) is 0 Å². The van der Waals surface area contributed by atoms with Crippen LogP contribution >= 0.6 is 0 Å². The van der Waals surface area contributed by atoms with Crippen LogP contribution in [0.1, 0.15) is 33.4 Å². The zero-order chi connectivity index (χ0) is 29.9. The molecule has 0 aliphatic rings. The summed E-state index contributed by atoms with van der Waals surface area (Å²) in [6.45, 7) is 0.0103. The fraction of sp³-hybridized carbons (Fsp3) is 0.200. The number of hydrogen-bond donors (Lipinski definition) is 0. The van der Waals surface area contributed by atoms with Crippen LogP contribution in [0.3, 0.4) is 0 Å². The van der Waals surface area contributed by atoms with E-state index < -0.39 is 17.1 Å². The van der Waals surface area contributed by atoms with Gasteiger partial charge in [-0.15, -0.1) is 0 Å². The smallest absolute Gasteiger partial charge is 0.336 e. The molecule has 0 saturated carbocycles. The first-order valence-corrected chi connectivity index (χ1v) is 12.6. The van der Waals surface area contributed by atoms with Crippen molar-refractivity contribution in [2.24, 2.45) is 0 Å². The van der Waals surface area contributed by atoms with E-state index in [0.717, 1.165) is 30.4 Å². The number of nitrogens with zero attached hydrogens (tertiary/aromatic N) is 6. The highest BCUT2D eigenvalue weighted by molar-refractivity contribution is 5.25. The molecule has 12 heteroatoms. The highest BCUT2D eigenvalue weighted by Gasteiger charge is 2.17. The summed E-state index contributed by atoms with van der Waals surface area (Å²) in [7, 11) is 0. The summed E-state index contributed by atoms with van der Waals surface area (Å²) in [5.74, 6) is 0. The molecule has 1 heterocycles. The highest BCUT2D eigenvalue weighted by atomic mass is 16.5. The summed E-state index contributed by atoms with van der Waals surface area (Å²) in [4.78, 5) is 40.6. The third-order valence-corrected chi connectivity index (χ3v) is 6.39. The second kappa shape index (κ2) is 13.8. The molecule has 0 amide bonds. The molecule has 0 fully saturated rings. The van der Waals surface area contributed by atoms with Gasteiger partial charge in [0.25, 0.3) is 18.8 Å². The number of ether oxygens (including phenoxy) is 3. The molecule has 1 aromatic heterocycles. The molecule has 0 atom stereocenters. The summed E-state index contributed by atoms with van der Waals surface area (Å²) in [5.41, 5.74) is 1.82. The normalized spacial score (nSPS) is 10.2. The molecule has 0 unspecified atom stereocenters. The van der Waals surface area contributed by atoms with Crippen LogP contribution in [0.2, 0.25) is 0 Å². The van der Waals surface area contributed by atoms with Gasteiger partial charge in [0.2, 0.25) is 0 Å². The Bertz CT molecular complexity index is 1590. The van der Waals surface area contributed by atoms with Crippen LogP contribution in [0.25, 0.3) is 0 Å². The van der Waals surface area contributed by atoms with Crippen molar-refractivity contribution in [1.82, 2.24) is 13.7 Å². The lowest BCUT2D eigenvalue weighted by atomic mass is 10.1. The van der Waals surface area contributed by atoms with Gasteiger partial charge in [0.05, 0.1) is 19.6 Å². The standard InChI is InChI=1S/C30H24N6O6/c31-19-40-16-25-7-1-22(2-8-25)13-34-28(37)35(14-23-3-9-26(10-4-23)17-41-20-32)30(39)36(29(34)38)15-24-5-11-27(12-6-24)18-42-21-33/h1-12H,13-18H2. The number of hydrogen-bond acceptors (Lipinski definition) is 9. The van der Waals surface area contributed by atoms with E-state index in [2.05, 4.69) is 0 Å². The van der Waals surface area contributed by atoms with Crippen molar-refractivity contribution in [3.8, 4) is 18.8 Å². The number of nitriles is 3. The third-order valence-electron chi connectivity index (χ3n) is 6.39. The minimum Gasteiger partial charge on any atom is -0.423 e. The van der Waals surface area contributed by atoms with E-state index in [1.54, 1.807) is 91.6 Å². The Balaban J connectivity index is 1.72. The predicted octanol–water partition coefficient (Wildman–Crippen LogP) is 2.31. The molecule has 4 aromatic rings. The molecule has 0 aliphatic heterocycles. The maximum Gasteiger partial charge on any atom is 0.336 e. The molecule has 0 bridgehead atoms. The van der Waals surface area contributed by atoms with Gasteiger partial charge in [0, 0.05) is 0 Å². The Morgan fingerprint density at radius 2 is 0.643 bits per heavy atom. The van der Waals surface area contributed by atoms with Crippen LogP contribution < -0.4 is 17.1 Å². The van der Waals surface area contributed by atoms with Crippen molar-refractivity contribution < 1.29 is 14.2 Å². The van der Waals surface area contributed by atoms with Crippen molar-refractivity contribution in [2.45, 2.75) is 39.5 Å². The van der Waals surface area contributed by atoms with E-state index in [0.29, 0.717) is 16.7 Å². The fourth-order valence-electron chi connectivity index (χ4n) is 4.21. The molecule has 12 nitrogen and oxygen atoms in total. The molecule has 3 aromatic carbocycles. The van der Waals surface area contributed by atoms with Crippen molar-refractivity contribution >= 4 is 0 Å². The van der Waals surface area contributed by atoms with Crippen molar-refractivity contribution in [1.29, 1.82) is 15.8 Å². The molecule has 42 heavy (non-hydrogen) atoms. The van der Waals surface area contributed by atoms with Crippen LogP contribution in [0.5, 0.6) is 0 Å². The van der Waals surface area contributed by atoms with Gasteiger partial charge in [-0.05, 0) is 33.4 Å². The molecular weight excluding hydrogens is 540 g/mol. The zero-order valence-electron chi connectivity index (χ0n) is 22.3. The molecule has 0 radical (unpaired) electrons. The third kappa shape index (κ3) is 7.12. The first-order chi connectivity index (χ1) is 20.4. The minimum absolute atomic E-state index is 0.0911. The Hall–Kier alpha value is -6.06. The highest BCUT2D eigenvalue weighted by Crippen LogP contribution is 2.09. The van der Waals surface area contributed by atoms with Gasteiger partial charge in [-0.3, -0.25) is 0 Å². The zero-order valence-corrected chi connectivity index (χ0v) is 22.3. The first-order valence-electron chi connectivity index (χ1n) is 12.6. The van der Waals surface area contributed by atoms with E-state index in [-0.39, 0.29) is 39.5 Å². The second-order valence-corrected chi connectivity index (χ2v) is 9.20. The van der Waals surface area contributed by atoms with Crippen molar-refractivity contribution in [3.05, 3.63) is 138 Å². The van der Waals surface area contributed by atoms with Gasteiger partial charge >= 0.3 is 17.1 Å². The Labute approximate surface area is 239 Å². The average molecular weight is 565 g/mol. The van der Waals surface area contributed by atoms with Gasteiger partial charge in [-0.2, -0.15) is 15.8 Å². The summed E-state index contributed by atoms with van der Waals surface area (Å²) in [6.07, 6.45) is 4.82. The SMILES string of the molecule is N#COCc1ccc(Cn2c(=O)n(Cc3ccc(COC#N)cc3)c(=O)n(Cc3ccc(COC#N)cc3)c2=O)cc1. The number of benzene rings is 3. The molecule has 4 rings (SSSR count). The van der Waals surface area contributed by atoms with Crippen molar-refractivity contribution in [3.63, 3.8) is 0 Å². The molecular formula is C30H24N6O6. The van der Waals surface area contributed by atoms with Crippen LogP contribution in [0.4, 0.5) is 0 Å². The summed E-state index contributed by atoms with van der Waals surface area (Å²) < 4.78 is 17.2. The largest absolute Gasteiger partial charge is 0.423 e. The maximum absolute atomic E-state index is 13.5.